The Hall–Kier alpha value is -1.71. The molecule has 0 saturated carbocycles. The van der Waals surface area contributed by atoms with Crippen molar-refractivity contribution in [2.45, 2.75) is 17.7 Å². The van der Waals surface area contributed by atoms with Crippen molar-refractivity contribution >= 4 is 15.7 Å². The third kappa shape index (κ3) is 4.15. The Labute approximate surface area is 116 Å². The molecule has 0 aliphatic heterocycles. The summed E-state index contributed by atoms with van der Waals surface area (Å²) in [4.78, 5) is 9.74. The van der Waals surface area contributed by atoms with Gasteiger partial charge in [0.15, 0.2) is 0 Å². The molecule has 1 rings (SSSR count). The lowest BCUT2D eigenvalue weighted by atomic mass is 10.3. The Morgan fingerprint density at radius 2 is 2.10 bits per heavy atom. The minimum atomic E-state index is -3.90. The van der Waals surface area contributed by atoms with Crippen molar-refractivity contribution in [3.8, 4) is 5.75 Å². The molecule has 0 aromatic heterocycles. The van der Waals surface area contributed by atoms with E-state index in [0.29, 0.717) is 12.8 Å². The molecule has 1 aromatic carbocycles. The van der Waals surface area contributed by atoms with Crippen LogP contribution in [-0.2, 0) is 10.0 Å². The van der Waals surface area contributed by atoms with Gasteiger partial charge in [-0.15, -0.1) is 0 Å². The molecule has 0 atom stereocenters. The van der Waals surface area contributed by atoms with E-state index in [2.05, 4.69) is 4.72 Å². The standard InChI is InChI=1S/C11H16N2O6S/c1-19-10-5-4-9(13(15)16)8-11(10)20(17,18)12-6-2-3-7-14/h4-5,8,12,14H,2-3,6-7H2,1H3. The van der Waals surface area contributed by atoms with E-state index in [1.807, 2.05) is 0 Å². The highest BCUT2D eigenvalue weighted by atomic mass is 32.2. The van der Waals surface area contributed by atoms with Gasteiger partial charge in [-0.1, -0.05) is 0 Å². The second-order valence-electron chi connectivity index (χ2n) is 3.92. The molecule has 1 aromatic rings. The van der Waals surface area contributed by atoms with Crippen molar-refractivity contribution in [2.75, 3.05) is 20.3 Å². The predicted molar refractivity (Wildman–Crippen MR) is 71.2 cm³/mol. The first-order valence-corrected chi connectivity index (χ1v) is 7.33. The molecule has 0 bridgehead atoms. The Kier molecular flexibility index (Phi) is 5.86. The molecule has 0 heterocycles. The summed E-state index contributed by atoms with van der Waals surface area (Å²) in [5.74, 6) is 0.0326. The molecule has 0 amide bonds. The van der Waals surface area contributed by atoms with E-state index in [9.17, 15) is 18.5 Å². The Morgan fingerprint density at radius 3 is 2.65 bits per heavy atom. The quantitative estimate of drug-likeness (QED) is 0.413. The molecule has 112 valence electrons. The molecule has 8 nitrogen and oxygen atoms in total. The van der Waals surface area contributed by atoms with Crippen molar-refractivity contribution in [1.82, 2.24) is 4.72 Å². The zero-order valence-electron chi connectivity index (χ0n) is 10.9. The Balaban J connectivity index is 3.02. The fourth-order valence-electron chi connectivity index (χ4n) is 1.51. The molecule has 2 N–H and O–H groups in total. The van der Waals surface area contributed by atoms with E-state index in [-0.39, 0.29) is 29.5 Å². The van der Waals surface area contributed by atoms with Gasteiger partial charge in [0, 0.05) is 25.3 Å². The van der Waals surface area contributed by atoms with Crippen molar-refractivity contribution in [3.63, 3.8) is 0 Å². The second-order valence-corrected chi connectivity index (χ2v) is 5.66. The summed E-state index contributed by atoms with van der Waals surface area (Å²) in [5.41, 5.74) is -0.332. The van der Waals surface area contributed by atoms with Crippen LogP contribution in [-0.4, -0.2) is 38.7 Å². The number of aliphatic hydroxyl groups excluding tert-OH is 1. The van der Waals surface area contributed by atoms with E-state index in [1.54, 1.807) is 0 Å². The Bertz CT molecular complexity index is 572. The normalized spacial score (nSPS) is 11.3. The van der Waals surface area contributed by atoms with Crippen LogP contribution >= 0.6 is 0 Å². The maximum Gasteiger partial charge on any atom is 0.271 e. The molecule has 9 heteroatoms. The van der Waals surface area contributed by atoms with Crippen molar-refractivity contribution in [1.29, 1.82) is 0 Å². The summed E-state index contributed by atoms with van der Waals surface area (Å²) in [6.45, 7) is 0.108. The summed E-state index contributed by atoms with van der Waals surface area (Å²) in [6.07, 6.45) is 0.932. The van der Waals surface area contributed by atoms with Crippen molar-refractivity contribution in [2.24, 2.45) is 0 Å². The lowest BCUT2D eigenvalue weighted by Gasteiger charge is -2.10. The third-order valence-electron chi connectivity index (χ3n) is 2.52. The van der Waals surface area contributed by atoms with E-state index < -0.39 is 14.9 Å². The third-order valence-corrected chi connectivity index (χ3v) is 4.01. The van der Waals surface area contributed by atoms with Gasteiger partial charge in [0.05, 0.1) is 12.0 Å². The highest BCUT2D eigenvalue weighted by Crippen LogP contribution is 2.27. The smallest absolute Gasteiger partial charge is 0.271 e. The van der Waals surface area contributed by atoms with Crippen molar-refractivity contribution < 1.29 is 23.2 Å². The number of nitro benzene ring substituents is 1. The van der Waals surface area contributed by atoms with Gasteiger partial charge in [0.1, 0.15) is 10.6 Å². The van der Waals surface area contributed by atoms with Gasteiger partial charge in [-0.3, -0.25) is 10.1 Å². The van der Waals surface area contributed by atoms with Gasteiger partial charge in [-0.2, -0.15) is 0 Å². The average molecular weight is 304 g/mol. The number of hydrogen-bond donors (Lipinski definition) is 2. The first-order chi connectivity index (χ1) is 9.42. The van der Waals surface area contributed by atoms with E-state index in [1.165, 1.54) is 19.2 Å². The number of benzene rings is 1. The molecular weight excluding hydrogens is 288 g/mol. The number of rotatable bonds is 8. The minimum Gasteiger partial charge on any atom is -0.495 e. The first kappa shape index (κ1) is 16.3. The van der Waals surface area contributed by atoms with Crippen LogP contribution in [0.2, 0.25) is 0 Å². The number of sulfonamides is 1. The maximum atomic E-state index is 12.1. The molecule has 0 fully saturated rings. The van der Waals surface area contributed by atoms with Crippen LogP contribution in [0.15, 0.2) is 23.1 Å². The molecule has 0 spiro atoms. The lowest BCUT2D eigenvalue weighted by Crippen LogP contribution is -2.25. The maximum absolute atomic E-state index is 12.1. The molecule has 0 aliphatic carbocycles. The van der Waals surface area contributed by atoms with Gasteiger partial charge < -0.3 is 9.84 Å². The number of hydrogen-bond acceptors (Lipinski definition) is 6. The number of unbranched alkanes of at least 4 members (excludes halogenated alkanes) is 1. The van der Waals surface area contributed by atoms with Crippen molar-refractivity contribution in [3.05, 3.63) is 28.3 Å². The van der Waals surface area contributed by atoms with Gasteiger partial charge in [0.25, 0.3) is 5.69 Å². The molecule has 0 saturated heterocycles. The van der Waals surface area contributed by atoms with Crippen LogP contribution in [0.5, 0.6) is 5.75 Å². The topological polar surface area (TPSA) is 119 Å². The van der Waals surface area contributed by atoms with Crippen LogP contribution in [0.1, 0.15) is 12.8 Å². The van der Waals surface area contributed by atoms with Crippen LogP contribution in [0.4, 0.5) is 5.69 Å². The van der Waals surface area contributed by atoms with Crippen LogP contribution in [0, 0.1) is 10.1 Å². The number of non-ortho nitro benzene ring substituents is 1. The van der Waals surface area contributed by atoms with Gasteiger partial charge >= 0.3 is 0 Å². The molecule has 0 aliphatic rings. The first-order valence-electron chi connectivity index (χ1n) is 5.85. The van der Waals surface area contributed by atoms with Crippen LogP contribution in [0.3, 0.4) is 0 Å². The van der Waals surface area contributed by atoms with Crippen LogP contribution < -0.4 is 9.46 Å². The summed E-state index contributed by atoms with van der Waals surface area (Å²) in [6, 6.07) is 3.36. The van der Waals surface area contributed by atoms with E-state index in [4.69, 9.17) is 9.84 Å². The fraction of sp³-hybridized carbons (Fsp3) is 0.455. The molecule has 20 heavy (non-hydrogen) atoms. The summed E-state index contributed by atoms with van der Waals surface area (Å²) < 4.78 is 31.4. The zero-order chi connectivity index (χ0) is 15.2. The monoisotopic (exact) mass is 304 g/mol. The lowest BCUT2D eigenvalue weighted by molar-refractivity contribution is -0.385. The highest BCUT2D eigenvalue weighted by Gasteiger charge is 2.22. The Morgan fingerprint density at radius 1 is 1.40 bits per heavy atom. The second kappa shape index (κ2) is 7.17. The molecular formula is C11H16N2O6S. The largest absolute Gasteiger partial charge is 0.495 e. The zero-order valence-corrected chi connectivity index (χ0v) is 11.7. The van der Waals surface area contributed by atoms with E-state index in [0.717, 1.165) is 6.07 Å². The SMILES string of the molecule is COc1ccc([N+](=O)[O-])cc1S(=O)(=O)NCCCCO. The van der Waals surface area contributed by atoms with Gasteiger partial charge in [-0.05, 0) is 18.9 Å². The number of nitrogens with zero attached hydrogens (tertiary/aromatic N) is 1. The number of nitrogens with one attached hydrogen (secondary N) is 1. The summed E-state index contributed by atoms with van der Waals surface area (Å²) >= 11 is 0. The average Bonchev–Trinajstić information content (AvgIpc) is 2.42. The van der Waals surface area contributed by atoms with Gasteiger partial charge in [-0.25, -0.2) is 13.1 Å². The number of aliphatic hydroxyl groups is 1. The molecule has 0 radical (unpaired) electrons. The molecule has 0 unspecified atom stereocenters. The van der Waals surface area contributed by atoms with E-state index >= 15 is 0 Å². The number of methoxy groups -OCH3 is 1. The summed E-state index contributed by atoms with van der Waals surface area (Å²) in [7, 11) is -2.62. The number of ether oxygens (including phenoxy) is 1. The predicted octanol–water partition coefficient (Wildman–Crippen LogP) is 0.654. The van der Waals surface area contributed by atoms with Crippen LogP contribution in [0.25, 0.3) is 0 Å². The summed E-state index contributed by atoms with van der Waals surface area (Å²) in [5, 5.41) is 19.3. The minimum absolute atomic E-state index is 0.0259. The number of nitro groups is 1. The van der Waals surface area contributed by atoms with Gasteiger partial charge in [0.2, 0.25) is 10.0 Å². The highest BCUT2D eigenvalue weighted by molar-refractivity contribution is 7.89. The fourth-order valence-corrected chi connectivity index (χ4v) is 2.77.